The zero-order valence-corrected chi connectivity index (χ0v) is 53.9. The van der Waals surface area contributed by atoms with E-state index in [0.717, 1.165) is 148 Å². The maximum absolute atomic E-state index is 12.9. The van der Waals surface area contributed by atoms with Crippen molar-refractivity contribution in [1.82, 2.24) is 0 Å². The second-order valence-electron chi connectivity index (χ2n) is 22.3. The molecule has 1 unspecified atom stereocenters. The molecule has 0 fully saturated rings. The molecule has 0 aromatic rings. The van der Waals surface area contributed by atoms with Gasteiger partial charge in [0.05, 0.1) is 0 Å². The Labute approximate surface area is 512 Å². The summed E-state index contributed by atoms with van der Waals surface area (Å²) < 4.78 is 16.9. The van der Waals surface area contributed by atoms with E-state index in [1.807, 2.05) is 0 Å². The topological polar surface area (TPSA) is 78.9 Å². The Hall–Kier alpha value is -4.71. The molecule has 0 spiro atoms. The van der Waals surface area contributed by atoms with Gasteiger partial charge in [-0.1, -0.05) is 295 Å². The van der Waals surface area contributed by atoms with Gasteiger partial charge in [0.15, 0.2) is 6.10 Å². The monoisotopic (exact) mass is 1150 g/mol. The summed E-state index contributed by atoms with van der Waals surface area (Å²) in [5.41, 5.74) is 0. The fourth-order valence-corrected chi connectivity index (χ4v) is 9.30. The van der Waals surface area contributed by atoms with Gasteiger partial charge in [0.1, 0.15) is 13.2 Å². The van der Waals surface area contributed by atoms with Crippen LogP contribution in [-0.2, 0) is 28.6 Å². The zero-order chi connectivity index (χ0) is 59.9. The van der Waals surface area contributed by atoms with Crippen molar-refractivity contribution in [2.24, 2.45) is 0 Å². The Morgan fingerprint density at radius 2 is 0.434 bits per heavy atom. The van der Waals surface area contributed by atoms with Gasteiger partial charge in [0, 0.05) is 19.3 Å². The van der Waals surface area contributed by atoms with Crippen LogP contribution in [-0.4, -0.2) is 37.2 Å². The molecule has 0 aromatic carbocycles. The van der Waals surface area contributed by atoms with Crippen molar-refractivity contribution in [3.05, 3.63) is 146 Å². The van der Waals surface area contributed by atoms with E-state index in [2.05, 4.69) is 167 Å². The molecule has 0 aliphatic carbocycles. The fourth-order valence-electron chi connectivity index (χ4n) is 9.30. The summed E-state index contributed by atoms with van der Waals surface area (Å²) in [6.45, 7) is 6.27. The first-order valence-corrected chi connectivity index (χ1v) is 34.3. The highest BCUT2D eigenvalue weighted by Gasteiger charge is 2.19. The van der Waals surface area contributed by atoms with Gasteiger partial charge in [-0.2, -0.15) is 0 Å². The first-order valence-electron chi connectivity index (χ1n) is 34.3. The number of hydrogen-bond acceptors (Lipinski definition) is 6. The van der Waals surface area contributed by atoms with Gasteiger partial charge in [0.25, 0.3) is 0 Å². The summed E-state index contributed by atoms with van der Waals surface area (Å²) in [7, 11) is 0. The lowest BCUT2D eigenvalue weighted by atomic mass is 10.0. The molecule has 0 amide bonds. The number of rotatable bonds is 61. The molecule has 0 aliphatic rings. The van der Waals surface area contributed by atoms with E-state index in [1.54, 1.807) is 0 Å². The summed E-state index contributed by atoms with van der Waals surface area (Å²) in [6, 6.07) is 0. The molecule has 0 radical (unpaired) electrons. The Morgan fingerprint density at radius 3 is 0.699 bits per heavy atom. The second kappa shape index (κ2) is 69.8. The van der Waals surface area contributed by atoms with Crippen LogP contribution in [0.3, 0.4) is 0 Å². The van der Waals surface area contributed by atoms with Crippen molar-refractivity contribution >= 4 is 17.9 Å². The lowest BCUT2D eigenvalue weighted by Gasteiger charge is -2.18. The molecular weight excluding hydrogens is 1020 g/mol. The smallest absolute Gasteiger partial charge is 0.306 e. The molecular formula is C77H126O6. The molecule has 0 saturated heterocycles. The average Bonchev–Trinajstić information content (AvgIpc) is 3.49. The van der Waals surface area contributed by atoms with Gasteiger partial charge in [0.2, 0.25) is 0 Å². The van der Waals surface area contributed by atoms with Crippen molar-refractivity contribution in [2.75, 3.05) is 13.2 Å². The lowest BCUT2D eigenvalue weighted by Crippen LogP contribution is -2.30. The van der Waals surface area contributed by atoms with E-state index < -0.39 is 6.10 Å². The molecule has 0 N–H and O–H groups in total. The van der Waals surface area contributed by atoms with Crippen LogP contribution >= 0.6 is 0 Å². The maximum atomic E-state index is 12.9. The molecule has 0 aliphatic heterocycles. The van der Waals surface area contributed by atoms with Crippen molar-refractivity contribution in [3.63, 3.8) is 0 Å². The van der Waals surface area contributed by atoms with Crippen LogP contribution in [0.25, 0.3) is 0 Å². The van der Waals surface area contributed by atoms with E-state index in [9.17, 15) is 14.4 Å². The summed E-state index contributed by atoms with van der Waals surface area (Å²) >= 11 is 0. The highest BCUT2D eigenvalue weighted by molar-refractivity contribution is 5.71. The molecule has 0 rings (SSSR count). The summed E-state index contributed by atoms with van der Waals surface area (Å²) in [4.78, 5) is 38.4. The third kappa shape index (κ3) is 68.0. The van der Waals surface area contributed by atoms with Crippen molar-refractivity contribution in [3.8, 4) is 0 Å². The molecule has 470 valence electrons. The predicted octanol–water partition coefficient (Wildman–Crippen LogP) is 23.9. The highest BCUT2D eigenvalue weighted by atomic mass is 16.6. The molecule has 0 bridgehead atoms. The predicted molar refractivity (Wildman–Crippen MR) is 362 cm³/mol. The van der Waals surface area contributed by atoms with E-state index in [-0.39, 0.29) is 31.1 Å². The van der Waals surface area contributed by atoms with Gasteiger partial charge < -0.3 is 14.2 Å². The maximum Gasteiger partial charge on any atom is 0.306 e. The van der Waals surface area contributed by atoms with Crippen LogP contribution in [0, 0.1) is 0 Å². The summed E-state index contributed by atoms with van der Waals surface area (Å²) in [6.07, 6.45) is 100. The minimum absolute atomic E-state index is 0.0996. The number of ether oxygens (including phenoxy) is 3. The van der Waals surface area contributed by atoms with E-state index >= 15 is 0 Å². The molecule has 83 heavy (non-hydrogen) atoms. The normalized spacial score (nSPS) is 13.0. The van der Waals surface area contributed by atoms with Crippen molar-refractivity contribution in [2.45, 2.75) is 309 Å². The van der Waals surface area contributed by atoms with E-state index in [1.165, 1.54) is 116 Å². The van der Waals surface area contributed by atoms with E-state index in [4.69, 9.17) is 14.2 Å². The number of esters is 3. The van der Waals surface area contributed by atoms with Gasteiger partial charge in [-0.05, 0) is 135 Å². The Bertz CT molecular complexity index is 1800. The van der Waals surface area contributed by atoms with Crippen LogP contribution < -0.4 is 0 Å². The standard InChI is InChI=1S/C77H126O6/c1-4-7-10-13-16-19-22-25-28-30-32-33-34-35-36-37-38-39-40-41-42-43-45-46-49-52-55-58-61-64-67-70-76(79)82-73-74(72-81-75(78)69-66-63-60-57-54-51-48-27-24-21-18-15-12-9-6-3)83-77(80)71-68-65-62-59-56-53-50-47-44-31-29-26-23-20-17-14-11-8-5-2/h7-12,16-21,25-29,32-33,44,47-48,54,57,74H,4-6,13-15,22-24,30-31,34-43,45-46,49-53,55-56,58-73H2,1-3H3/b10-7-,11-8-,12-9-,19-16-,20-17-,21-18-,28-25-,29-26-,33-32-,47-44-,48-27-,57-54-. The van der Waals surface area contributed by atoms with Crippen LogP contribution in [0.1, 0.15) is 303 Å². The number of hydrogen-bond donors (Lipinski definition) is 0. The Kier molecular flexibility index (Phi) is 65.8. The first-order chi connectivity index (χ1) is 41.0. The number of carbonyl (C=O) groups excluding carboxylic acids is 3. The second-order valence-corrected chi connectivity index (χ2v) is 22.3. The summed E-state index contributed by atoms with van der Waals surface area (Å²) in [5, 5.41) is 0. The van der Waals surface area contributed by atoms with Crippen LogP contribution in [0.5, 0.6) is 0 Å². The fraction of sp³-hybridized carbons (Fsp3) is 0.649. The van der Waals surface area contributed by atoms with Gasteiger partial charge >= 0.3 is 17.9 Å². The first kappa shape index (κ1) is 78.3. The minimum Gasteiger partial charge on any atom is -0.462 e. The SMILES string of the molecule is CC/C=C\C/C=C\C/C=C\C/C=C\CCCCCCCCCCCCCCCCCCCCC(=O)OCC(COC(=O)CCCC/C=C\C/C=C\C/C=C\C/C=C\CC)OC(=O)CCCCCCCC/C=C\C/C=C\C/C=C\C/C=C\CC. The Balaban J connectivity index is 4.30. The van der Waals surface area contributed by atoms with Gasteiger partial charge in [-0.15, -0.1) is 0 Å². The number of unbranched alkanes of at least 4 members (excludes halogenated alkanes) is 26. The van der Waals surface area contributed by atoms with Crippen molar-refractivity contribution < 1.29 is 28.6 Å². The van der Waals surface area contributed by atoms with Crippen LogP contribution in [0.2, 0.25) is 0 Å². The van der Waals surface area contributed by atoms with E-state index in [0.29, 0.717) is 19.3 Å². The van der Waals surface area contributed by atoms with Crippen LogP contribution in [0.4, 0.5) is 0 Å². The number of allylic oxidation sites excluding steroid dienone is 24. The van der Waals surface area contributed by atoms with Gasteiger partial charge in [-0.3, -0.25) is 14.4 Å². The third-order valence-electron chi connectivity index (χ3n) is 14.3. The lowest BCUT2D eigenvalue weighted by molar-refractivity contribution is -0.167. The molecule has 0 heterocycles. The largest absolute Gasteiger partial charge is 0.462 e. The minimum atomic E-state index is -0.809. The molecule has 6 heteroatoms. The average molecular weight is 1150 g/mol. The molecule has 1 atom stereocenters. The molecule has 6 nitrogen and oxygen atoms in total. The molecule has 0 saturated carbocycles. The Morgan fingerprint density at radius 1 is 0.241 bits per heavy atom. The summed E-state index contributed by atoms with van der Waals surface area (Å²) in [5.74, 6) is -0.952. The van der Waals surface area contributed by atoms with Crippen LogP contribution in [0.15, 0.2) is 146 Å². The highest BCUT2D eigenvalue weighted by Crippen LogP contribution is 2.17. The molecule has 0 aromatic heterocycles. The number of carbonyl (C=O) groups is 3. The quantitative estimate of drug-likeness (QED) is 0.0261. The van der Waals surface area contributed by atoms with Crippen molar-refractivity contribution in [1.29, 1.82) is 0 Å². The zero-order valence-electron chi connectivity index (χ0n) is 53.9. The third-order valence-corrected chi connectivity index (χ3v) is 14.3. The van der Waals surface area contributed by atoms with Gasteiger partial charge in [-0.25, -0.2) is 0 Å².